The molecule has 0 amide bonds. The van der Waals surface area contributed by atoms with E-state index >= 15 is 0 Å². The van der Waals surface area contributed by atoms with E-state index in [1.165, 1.54) is 5.56 Å². The lowest BCUT2D eigenvalue weighted by Gasteiger charge is -2.05. The van der Waals surface area contributed by atoms with Crippen LogP contribution in [-0.2, 0) is 6.42 Å². The molecule has 0 atom stereocenters. The highest BCUT2D eigenvalue weighted by molar-refractivity contribution is 5.75. The average Bonchev–Trinajstić information content (AvgIpc) is 3.38. The number of aromatic nitrogens is 6. The Labute approximate surface area is 155 Å². The van der Waals surface area contributed by atoms with Gasteiger partial charge in [-0.05, 0) is 40.1 Å². The number of hydrogen-bond donors (Lipinski definition) is 2. The molecular weight excluding hydrogens is 336 g/mol. The van der Waals surface area contributed by atoms with E-state index in [1.54, 1.807) is 0 Å². The molecule has 0 fully saturated rings. The molecule has 0 unspecified atom stereocenters. The van der Waals surface area contributed by atoms with Crippen LogP contribution in [0.4, 0.5) is 0 Å². The third-order valence-corrected chi connectivity index (χ3v) is 4.56. The summed E-state index contributed by atoms with van der Waals surface area (Å²) in [6.45, 7) is 0. The van der Waals surface area contributed by atoms with E-state index < -0.39 is 0 Å². The number of aromatic amines is 2. The Morgan fingerprint density at radius 3 is 2.44 bits per heavy atom. The van der Waals surface area contributed by atoms with Crippen LogP contribution >= 0.6 is 0 Å². The van der Waals surface area contributed by atoms with Gasteiger partial charge in [0.1, 0.15) is 5.82 Å². The van der Waals surface area contributed by atoms with Crippen molar-refractivity contribution in [1.29, 1.82) is 0 Å². The van der Waals surface area contributed by atoms with E-state index in [9.17, 15) is 0 Å². The SMILES string of the molecule is c1cc(-c2ccc(Cc3nc4ccccc4[nH]3)cc2)cc(-c2nn[nH]n2)c1. The molecule has 0 aliphatic rings. The Balaban J connectivity index is 1.39. The lowest BCUT2D eigenvalue weighted by atomic mass is 10.0. The minimum Gasteiger partial charge on any atom is -0.342 e. The van der Waals surface area contributed by atoms with Gasteiger partial charge in [0.15, 0.2) is 0 Å². The Hall–Kier alpha value is -3.80. The maximum absolute atomic E-state index is 4.65. The first kappa shape index (κ1) is 15.5. The molecule has 130 valence electrons. The van der Waals surface area contributed by atoms with Crippen LogP contribution in [0.3, 0.4) is 0 Å². The zero-order chi connectivity index (χ0) is 18.1. The van der Waals surface area contributed by atoms with Crippen molar-refractivity contribution in [2.24, 2.45) is 0 Å². The Kier molecular flexibility index (Phi) is 3.72. The Bertz CT molecular complexity index is 1160. The fourth-order valence-electron chi connectivity index (χ4n) is 3.22. The lowest BCUT2D eigenvalue weighted by molar-refractivity contribution is 0.881. The van der Waals surface area contributed by atoms with Gasteiger partial charge in [0.05, 0.1) is 11.0 Å². The van der Waals surface area contributed by atoms with E-state index in [0.29, 0.717) is 5.82 Å². The van der Waals surface area contributed by atoms with E-state index in [-0.39, 0.29) is 0 Å². The van der Waals surface area contributed by atoms with Crippen molar-refractivity contribution in [3.05, 3.63) is 84.2 Å². The highest BCUT2D eigenvalue weighted by Gasteiger charge is 2.06. The minimum absolute atomic E-state index is 0.596. The molecule has 5 aromatic rings. The smallest absolute Gasteiger partial charge is 0.204 e. The van der Waals surface area contributed by atoms with Gasteiger partial charge in [0.2, 0.25) is 5.82 Å². The van der Waals surface area contributed by atoms with Gasteiger partial charge in [-0.2, -0.15) is 5.21 Å². The van der Waals surface area contributed by atoms with Crippen LogP contribution in [-0.4, -0.2) is 30.6 Å². The summed E-state index contributed by atoms with van der Waals surface area (Å²) in [5, 5.41) is 14.2. The zero-order valence-electron chi connectivity index (χ0n) is 14.4. The summed E-state index contributed by atoms with van der Waals surface area (Å²) in [6, 6.07) is 24.8. The number of H-pyrrole nitrogens is 2. The molecule has 0 aliphatic heterocycles. The monoisotopic (exact) mass is 352 g/mol. The summed E-state index contributed by atoms with van der Waals surface area (Å²) >= 11 is 0. The Morgan fingerprint density at radius 2 is 1.63 bits per heavy atom. The van der Waals surface area contributed by atoms with Crippen LogP contribution in [0.2, 0.25) is 0 Å². The lowest BCUT2D eigenvalue weighted by Crippen LogP contribution is -1.91. The third-order valence-electron chi connectivity index (χ3n) is 4.56. The number of para-hydroxylation sites is 2. The maximum atomic E-state index is 4.65. The third kappa shape index (κ3) is 3.08. The van der Waals surface area contributed by atoms with E-state index in [4.69, 9.17) is 0 Å². The highest BCUT2D eigenvalue weighted by Crippen LogP contribution is 2.25. The summed E-state index contributed by atoms with van der Waals surface area (Å²) < 4.78 is 0. The molecule has 6 heteroatoms. The molecule has 0 spiro atoms. The highest BCUT2D eigenvalue weighted by atomic mass is 15.5. The topological polar surface area (TPSA) is 83.1 Å². The summed E-state index contributed by atoms with van der Waals surface area (Å²) in [4.78, 5) is 8.03. The molecule has 2 aromatic heterocycles. The number of hydrogen-bond acceptors (Lipinski definition) is 4. The normalized spacial score (nSPS) is 11.1. The molecule has 0 bridgehead atoms. The summed E-state index contributed by atoms with van der Waals surface area (Å²) in [5.74, 6) is 1.57. The Morgan fingerprint density at radius 1 is 0.778 bits per heavy atom. The first-order valence-corrected chi connectivity index (χ1v) is 8.72. The van der Waals surface area contributed by atoms with Crippen molar-refractivity contribution in [3.8, 4) is 22.5 Å². The minimum atomic E-state index is 0.596. The largest absolute Gasteiger partial charge is 0.342 e. The van der Waals surface area contributed by atoms with Gasteiger partial charge in [-0.25, -0.2) is 4.98 Å². The standard InChI is InChI=1S/C21H16N6/c1-2-7-19-18(6-1)22-20(23-19)12-14-8-10-15(11-9-14)16-4-3-5-17(13-16)21-24-26-27-25-21/h1-11,13H,12H2,(H,22,23)(H,24,25,26,27). The van der Waals surface area contributed by atoms with Gasteiger partial charge < -0.3 is 4.98 Å². The van der Waals surface area contributed by atoms with Crippen LogP contribution in [0, 0.1) is 0 Å². The van der Waals surface area contributed by atoms with E-state index in [2.05, 4.69) is 67.0 Å². The number of tetrazole rings is 1. The molecule has 3 aromatic carbocycles. The second kappa shape index (κ2) is 6.49. The summed E-state index contributed by atoms with van der Waals surface area (Å²) in [5.41, 5.74) is 6.49. The molecule has 0 radical (unpaired) electrons. The molecule has 0 saturated carbocycles. The van der Waals surface area contributed by atoms with Crippen molar-refractivity contribution in [3.63, 3.8) is 0 Å². The van der Waals surface area contributed by atoms with Crippen molar-refractivity contribution < 1.29 is 0 Å². The van der Waals surface area contributed by atoms with Crippen LogP contribution < -0.4 is 0 Å². The van der Waals surface area contributed by atoms with Gasteiger partial charge in [-0.1, -0.05) is 54.6 Å². The fraction of sp³-hybridized carbons (Fsp3) is 0.0476. The molecule has 2 N–H and O–H groups in total. The van der Waals surface area contributed by atoms with Crippen molar-refractivity contribution >= 4 is 11.0 Å². The van der Waals surface area contributed by atoms with Gasteiger partial charge in [0, 0.05) is 12.0 Å². The fourth-order valence-corrected chi connectivity index (χ4v) is 3.22. The van der Waals surface area contributed by atoms with Crippen molar-refractivity contribution in [2.45, 2.75) is 6.42 Å². The number of nitrogens with one attached hydrogen (secondary N) is 2. The number of benzene rings is 3. The quantitative estimate of drug-likeness (QED) is 0.512. The zero-order valence-corrected chi connectivity index (χ0v) is 14.4. The van der Waals surface area contributed by atoms with Gasteiger partial charge in [-0.3, -0.25) is 0 Å². The van der Waals surface area contributed by atoms with Gasteiger partial charge in [0.25, 0.3) is 0 Å². The molecule has 27 heavy (non-hydrogen) atoms. The van der Waals surface area contributed by atoms with Crippen LogP contribution in [0.1, 0.15) is 11.4 Å². The summed E-state index contributed by atoms with van der Waals surface area (Å²) in [6.07, 6.45) is 0.776. The number of nitrogens with zero attached hydrogens (tertiary/aromatic N) is 4. The molecule has 2 heterocycles. The van der Waals surface area contributed by atoms with Crippen LogP contribution in [0.5, 0.6) is 0 Å². The average molecular weight is 352 g/mol. The van der Waals surface area contributed by atoms with Gasteiger partial charge in [-0.15, -0.1) is 10.2 Å². The first-order chi connectivity index (χ1) is 13.3. The number of imidazole rings is 1. The van der Waals surface area contributed by atoms with Crippen LogP contribution in [0.25, 0.3) is 33.5 Å². The van der Waals surface area contributed by atoms with Gasteiger partial charge >= 0.3 is 0 Å². The second-order valence-corrected chi connectivity index (χ2v) is 6.39. The first-order valence-electron chi connectivity index (χ1n) is 8.72. The number of rotatable bonds is 4. The van der Waals surface area contributed by atoms with Crippen molar-refractivity contribution in [2.75, 3.05) is 0 Å². The van der Waals surface area contributed by atoms with E-state index in [0.717, 1.165) is 40.0 Å². The maximum Gasteiger partial charge on any atom is 0.204 e. The van der Waals surface area contributed by atoms with Crippen molar-refractivity contribution in [1.82, 2.24) is 30.6 Å². The second-order valence-electron chi connectivity index (χ2n) is 6.39. The van der Waals surface area contributed by atoms with E-state index in [1.807, 2.05) is 36.4 Å². The number of fused-ring (bicyclic) bond motifs is 1. The molecule has 5 rings (SSSR count). The predicted octanol–water partition coefficient (Wildman–Crippen LogP) is 4.00. The van der Waals surface area contributed by atoms with Crippen LogP contribution in [0.15, 0.2) is 72.8 Å². The summed E-state index contributed by atoms with van der Waals surface area (Å²) in [7, 11) is 0. The molecular formula is C21H16N6. The molecule has 0 aliphatic carbocycles. The predicted molar refractivity (Wildman–Crippen MR) is 104 cm³/mol. The molecule has 0 saturated heterocycles. The molecule has 6 nitrogen and oxygen atoms in total.